The quantitative estimate of drug-likeness (QED) is 0.323. The fourth-order valence-electron chi connectivity index (χ4n) is 3.21. The molecule has 2 nitrogen and oxygen atoms in total. The molecule has 26 heavy (non-hydrogen) atoms. The molecule has 0 radical (unpaired) electrons. The Morgan fingerprint density at radius 3 is 2.31 bits per heavy atom. The van der Waals surface area contributed by atoms with Gasteiger partial charge in [0.15, 0.2) is 11.6 Å². The first-order chi connectivity index (χ1) is 12.1. The van der Waals surface area contributed by atoms with Gasteiger partial charge in [0.2, 0.25) is 0 Å². The molecule has 0 aromatic heterocycles. The molecule has 0 heterocycles. The second-order valence-electron chi connectivity index (χ2n) is 6.66. The molecule has 1 aliphatic rings. The van der Waals surface area contributed by atoms with E-state index >= 15 is 0 Å². The van der Waals surface area contributed by atoms with Crippen molar-refractivity contribution in [2.75, 3.05) is 0 Å². The average molecular weight is 372 g/mol. The van der Waals surface area contributed by atoms with Crippen LogP contribution in [0.4, 0.5) is 22.0 Å². The Bertz CT molecular complexity index is 816. The van der Waals surface area contributed by atoms with Crippen molar-refractivity contribution in [3.8, 4) is 12.3 Å². The molecule has 1 fully saturated rings. The molecule has 0 spiro atoms. The zero-order chi connectivity index (χ0) is 19.8. The van der Waals surface area contributed by atoms with Gasteiger partial charge in [-0.1, -0.05) is 26.7 Å². The number of halogens is 5. The number of esters is 1. The summed E-state index contributed by atoms with van der Waals surface area (Å²) in [6.45, 7) is 4.02. The fraction of sp³-hybridized carbons (Fsp3) is 0.421. The van der Waals surface area contributed by atoms with Gasteiger partial charge in [-0.15, -0.1) is 6.42 Å². The van der Waals surface area contributed by atoms with E-state index in [0.717, 1.165) is 0 Å². The molecule has 1 aromatic rings. The van der Waals surface area contributed by atoms with Gasteiger partial charge in [-0.05, 0) is 23.5 Å². The third kappa shape index (κ3) is 3.33. The zero-order valence-corrected chi connectivity index (χ0v) is 14.4. The van der Waals surface area contributed by atoms with Crippen LogP contribution in [0.5, 0.6) is 0 Å². The van der Waals surface area contributed by atoms with Gasteiger partial charge in [0.1, 0.15) is 12.4 Å². The van der Waals surface area contributed by atoms with Crippen molar-refractivity contribution in [2.45, 2.75) is 33.8 Å². The number of carbonyl (C=O) groups is 1. The minimum atomic E-state index is -1.91. The first kappa shape index (κ1) is 20.0. The molecule has 2 atom stereocenters. The third-order valence-corrected chi connectivity index (χ3v) is 4.85. The first-order valence-electron chi connectivity index (χ1n) is 7.92. The monoisotopic (exact) mass is 372 g/mol. The molecule has 7 heteroatoms. The van der Waals surface area contributed by atoms with Gasteiger partial charge in [-0.25, -0.2) is 13.2 Å². The van der Waals surface area contributed by atoms with Crippen LogP contribution in [0, 0.1) is 47.0 Å². The van der Waals surface area contributed by atoms with Crippen LogP contribution in [-0.4, -0.2) is 5.97 Å². The Kier molecular flexibility index (Phi) is 5.45. The molecular weight excluding hydrogens is 355 g/mol. The predicted molar refractivity (Wildman–Crippen MR) is 84.5 cm³/mol. The second kappa shape index (κ2) is 7.10. The molecule has 0 unspecified atom stereocenters. The van der Waals surface area contributed by atoms with Gasteiger partial charge >= 0.3 is 5.97 Å². The van der Waals surface area contributed by atoms with Crippen molar-refractivity contribution in [1.29, 1.82) is 0 Å². The van der Waals surface area contributed by atoms with Crippen LogP contribution in [0.15, 0.2) is 12.2 Å². The van der Waals surface area contributed by atoms with Crippen molar-refractivity contribution < 1.29 is 31.5 Å². The minimum absolute atomic E-state index is 0.00204. The lowest BCUT2D eigenvalue weighted by molar-refractivity contribution is -0.147. The fourth-order valence-corrected chi connectivity index (χ4v) is 3.21. The first-order valence-corrected chi connectivity index (χ1v) is 7.92. The Labute approximate surface area is 148 Å². The highest BCUT2D eigenvalue weighted by Crippen LogP contribution is 2.60. The van der Waals surface area contributed by atoms with E-state index in [4.69, 9.17) is 11.2 Å². The van der Waals surface area contributed by atoms with E-state index in [0.29, 0.717) is 6.08 Å². The van der Waals surface area contributed by atoms with Crippen molar-refractivity contribution in [1.82, 2.24) is 0 Å². The Balaban J connectivity index is 2.25. The van der Waals surface area contributed by atoms with E-state index in [2.05, 4.69) is 0 Å². The molecule has 1 aliphatic carbocycles. The topological polar surface area (TPSA) is 26.3 Å². The number of hydrogen-bond acceptors (Lipinski definition) is 2. The number of hydrogen-bond donors (Lipinski definition) is 0. The molecule has 0 N–H and O–H groups in total. The average Bonchev–Trinajstić information content (AvgIpc) is 3.09. The van der Waals surface area contributed by atoms with Crippen LogP contribution < -0.4 is 0 Å². The maximum atomic E-state index is 14.2. The highest BCUT2D eigenvalue weighted by molar-refractivity contribution is 5.78. The van der Waals surface area contributed by atoms with Gasteiger partial charge in [0, 0.05) is 11.5 Å². The molecule has 0 saturated heterocycles. The Morgan fingerprint density at radius 2 is 1.81 bits per heavy atom. The summed E-state index contributed by atoms with van der Waals surface area (Å²) >= 11 is 0. The summed E-state index contributed by atoms with van der Waals surface area (Å²) in [5.41, 5.74) is -2.19. The van der Waals surface area contributed by atoms with Gasteiger partial charge in [0.25, 0.3) is 6.08 Å². The van der Waals surface area contributed by atoms with E-state index in [9.17, 15) is 26.7 Å². The molecule has 140 valence electrons. The standard InChI is InChI=1S/C19H17F5O2/c1-5-9-11(17(24)16(23)10(6-2)15(9)22)8-26-18(25)14-12(7-13(20)21)19(14,3)4/h2,7,12,14H,5,8H2,1,3-4H3/t12-,14+/m1/s1. The largest absolute Gasteiger partial charge is 0.460 e. The normalized spacial score (nSPS) is 20.3. The molecule has 2 rings (SSSR count). The number of carbonyl (C=O) groups excluding carboxylic acids is 1. The predicted octanol–water partition coefficient (Wildman–Crippen LogP) is 4.74. The van der Waals surface area contributed by atoms with E-state index in [-0.39, 0.29) is 12.0 Å². The summed E-state index contributed by atoms with van der Waals surface area (Å²) in [6, 6.07) is 0. The van der Waals surface area contributed by atoms with Crippen LogP contribution in [0.2, 0.25) is 0 Å². The zero-order valence-electron chi connectivity index (χ0n) is 14.4. The maximum Gasteiger partial charge on any atom is 0.310 e. The molecule has 1 aromatic carbocycles. The van der Waals surface area contributed by atoms with Crippen molar-refractivity contribution in [2.24, 2.45) is 17.3 Å². The lowest BCUT2D eigenvalue weighted by atomic mass is 10.00. The van der Waals surface area contributed by atoms with Crippen LogP contribution in [0.25, 0.3) is 0 Å². The second-order valence-corrected chi connectivity index (χ2v) is 6.66. The number of rotatable bonds is 5. The molecular formula is C19H17F5O2. The van der Waals surface area contributed by atoms with E-state index in [1.165, 1.54) is 6.92 Å². The summed E-state index contributed by atoms with van der Waals surface area (Å²) in [4.78, 5) is 12.2. The van der Waals surface area contributed by atoms with Gasteiger partial charge < -0.3 is 4.74 Å². The van der Waals surface area contributed by atoms with Crippen LogP contribution in [-0.2, 0) is 22.6 Å². The van der Waals surface area contributed by atoms with Crippen molar-refractivity contribution >= 4 is 5.97 Å². The number of allylic oxidation sites excluding steroid dienone is 1. The van der Waals surface area contributed by atoms with Crippen molar-refractivity contribution in [3.63, 3.8) is 0 Å². The Hall–Kier alpha value is -2.36. The van der Waals surface area contributed by atoms with E-state index < -0.39 is 64.5 Å². The summed E-state index contributed by atoms with van der Waals surface area (Å²) in [7, 11) is 0. The minimum Gasteiger partial charge on any atom is -0.460 e. The summed E-state index contributed by atoms with van der Waals surface area (Å²) in [6.07, 6.45) is 3.76. The number of terminal acetylenes is 1. The van der Waals surface area contributed by atoms with Crippen LogP contribution >= 0.6 is 0 Å². The lowest BCUT2D eigenvalue weighted by Crippen LogP contribution is -2.14. The summed E-state index contributed by atoms with van der Waals surface area (Å²) in [5, 5.41) is 0. The Morgan fingerprint density at radius 1 is 1.19 bits per heavy atom. The van der Waals surface area contributed by atoms with Crippen LogP contribution in [0.3, 0.4) is 0 Å². The third-order valence-electron chi connectivity index (χ3n) is 4.85. The van der Waals surface area contributed by atoms with Gasteiger partial charge in [0.05, 0.1) is 11.5 Å². The SMILES string of the molecule is C#Cc1c(F)c(F)c(COC(=O)[C@@H]2[C@@H](C=C(F)F)C2(C)C)c(CC)c1F. The maximum absolute atomic E-state index is 14.2. The molecule has 0 amide bonds. The van der Waals surface area contributed by atoms with Gasteiger partial charge in [-0.2, -0.15) is 8.78 Å². The molecule has 1 saturated carbocycles. The number of ether oxygens (including phenoxy) is 1. The number of benzene rings is 1. The van der Waals surface area contributed by atoms with Crippen molar-refractivity contribution in [3.05, 3.63) is 46.3 Å². The van der Waals surface area contributed by atoms with Gasteiger partial charge in [-0.3, -0.25) is 4.79 Å². The summed E-state index contributed by atoms with van der Waals surface area (Å²) in [5.74, 6) is -4.61. The van der Waals surface area contributed by atoms with E-state index in [1.54, 1.807) is 19.8 Å². The highest BCUT2D eigenvalue weighted by Gasteiger charge is 2.62. The highest BCUT2D eigenvalue weighted by atomic mass is 19.3. The lowest BCUT2D eigenvalue weighted by Gasteiger charge is -2.14. The van der Waals surface area contributed by atoms with E-state index in [1.807, 2.05) is 0 Å². The smallest absolute Gasteiger partial charge is 0.310 e. The molecule has 0 bridgehead atoms. The van der Waals surface area contributed by atoms with Crippen LogP contribution in [0.1, 0.15) is 37.5 Å². The summed E-state index contributed by atoms with van der Waals surface area (Å²) < 4.78 is 72.1. The molecule has 0 aliphatic heterocycles.